The molecule has 28 heavy (non-hydrogen) atoms. The van der Waals surface area contributed by atoms with Crippen LogP contribution in [0.1, 0.15) is 39.5 Å². The number of hydrogen-bond donors (Lipinski definition) is 2. The molecule has 148 valence electrons. The van der Waals surface area contributed by atoms with Crippen molar-refractivity contribution in [2.45, 2.75) is 44.7 Å². The van der Waals surface area contributed by atoms with Crippen LogP contribution in [0.4, 0.5) is 4.79 Å². The van der Waals surface area contributed by atoms with Crippen LogP contribution in [0.15, 0.2) is 34.1 Å². The van der Waals surface area contributed by atoms with Gasteiger partial charge in [0.05, 0.1) is 5.52 Å². The van der Waals surface area contributed by atoms with E-state index in [2.05, 4.69) is 5.32 Å². The van der Waals surface area contributed by atoms with Crippen LogP contribution in [0.25, 0.3) is 10.9 Å². The Bertz CT molecular complexity index is 927. The first kappa shape index (κ1) is 24.6. The van der Waals surface area contributed by atoms with E-state index in [-0.39, 0.29) is 36.5 Å². The van der Waals surface area contributed by atoms with E-state index in [0.29, 0.717) is 29.7 Å². The minimum Gasteiger partial charge on any atom is -1.00 e. The summed E-state index contributed by atoms with van der Waals surface area (Å²) in [5, 5.41) is 12.3. The zero-order chi connectivity index (χ0) is 20.2. The molecule has 1 aromatic heterocycles. The first-order chi connectivity index (χ1) is 12.6. The van der Waals surface area contributed by atoms with Crippen molar-refractivity contribution in [3.8, 4) is 0 Å². The van der Waals surface area contributed by atoms with Crippen LogP contribution >= 0.6 is 11.8 Å². The number of carboxylic acid groups (broad SMARTS) is 1. The van der Waals surface area contributed by atoms with Gasteiger partial charge in [-0.3, -0.25) is 4.79 Å². The summed E-state index contributed by atoms with van der Waals surface area (Å²) in [5.41, 5.74) is -0.574. The molecule has 0 atom stereocenters. The summed E-state index contributed by atoms with van der Waals surface area (Å²) in [6.07, 6.45) is 0.906. The molecule has 0 aliphatic rings. The molecule has 2 rings (SSSR count). The summed E-state index contributed by atoms with van der Waals surface area (Å²) in [5.74, 6) is -0.644. The number of aromatic carboxylic acids is 1. The van der Waals surface area contributed by atoms with Crippen LogP contribution in [-0.4, -0.2) is 39.6 Å². The van der Waals surface area contributed by atoms with Crippen molar-refractivity contribution >= 4 is 34.7 Å². The van der Waals surface area contributed by atoms with Gasteiger partial charge in [0.15, 0.2) is 0 Å². The molecule has 0 unspecified atom stereocenters. The number of benzene rings is 1. The molecular weight excluding hydrogens is 391 g/mol. The number of nitrogens with zero attached hydrogens (tertiary/aromatic N) is 1. The third kappa shape index (κ3) is 6.55. The molecule has 2 N–H and O–H groups in total. The van der Waals surface area contributed by atoms with Gasteiger partial charge in [0, 0.05) is 35.3 Å². The van der Waals surface area contributed by atoms with E-state index in [4.69, 9.17) is 4.74 Å². The van der Waals surface area contributed by atoms with Crippen LogP contribution in [0.5, 0.6) is 0 Å². The first-order valence-corrected chi connectivity index (χ1v) is 9.61. The molecule has 0 saturated carbocycles. The standard InChI is InChI=1S/C19H24N2O5S.Na.H/c1-5-21-11-14(17(23)24)16(22)13-10-12(6-7-15(13)21)27-9-8-20-18(25)26-19(2,3)4;;/h6-7,10-11H,5,8-9H2,1-4H3,(H,20,25)(H,23,24);;/q;+1;-1. The van der Waals surface area contributed by atoms with E-state index in [1.807, 2.05) is 19.1 Å². The summed E-state index contributed by atoms with van der Waals surface area (Å²) >= 11 is 1.47. The summed E-state index contributed by atoms with van der Waals surface area (Å²) in [7, 11) is 0. The average molecular weight is 416 g/mol. The Morgan fingerprint density at radius 2 is 2.00 bits per heavy atom. The number of amides is 1. The molecule has 0 radical (unpaired) electrons. The number of thioether (sulfide) groups is 1. The molecule has 0 saturated heterocycles. The molecule has 0 spiro atoms. The fourth-order valence-corrected chi connectivity index (χ4v) is 3.32. The Labute approximate surface area is 191 Å². The first-order valence-electron chi connectivity index (χ1n) is 8.62. The largest absolute Gasteiger partial charge is 1.00 e. The molecule has 0 bridgehead atoms. The van der Waals surface area contributed by atoms with Crippen molar-refractivity contribution in [1.29, 1.82) is 0 Å². The van der Waals surface area contributed by atoms with Gasteiger partial charge >= 0.3 is 41.6 Å². The van der Waals surface area contributed by atoms with E-state index in [1.54, 1.807) is 31.4 Å². The van der Waals surface area contributed by atoms with Crippen molar-refractivity contribution in [2.24, 2.45) is 0 Å². The quantitative estimate of drug-likeness (QED) is 0.403. The minimum atomic E-state index is -1.23. The predicted octanol–water partition coefficient (Wildman–Crippen LogP) is 0.453. The maximum Gasteiger partial charge on any atom is 1.00 e. The molecule has 1 heterocycles. The fraction of sp³-hybridized carbons (Fsp3) is 0.421. The van der Waals surface area contributed by atoms with Crippen molar-refractivity contribution in [3.05, 3.63) is 40.2 Å². The van der Waals surface area contributed by atoms with Crippen molar-refractivity contribution in [1.82, 2.24) is 9.88 Å². The van der Waals surface area contributed by atoms with E-state index in [0.717, 1.165) is 4.90 Å². The van der Waals surface area contributed by atoms with Crippen molar-refractivity contribution < 1.29 is 50.4 Å². The fourth-order valence-electron chi connectivity index (χ4n) is 2.52. The molecule has 0 aliphatic heterocycles. The molecule has 9 heteroatoms. The number of rotatable bonds is 6. The third-order valence-electron chi connectivity index (χ3n) is 3.66. The Morgan fingerprint density at radius 3 is 2.57 bits per heavy atom. The monoisotopic (exact) mass is 416 g/mol. The zero-order valence-electron chi connectivity index (χ0n) is 17.9. The number of carbonyl (C=O) groups excluding carboxylic acids is 1. The number of aromatic nitrogens is 1. The number of pyridine rings is 1. The molecule has 2 aromatic rings. The third-order valence-corrected chi connectivity index (χ3v) is 4.66. The maximum atomic E-state index is 12.5. The summed E-state index contributed by atoms with van der Waals surface area (Å²) < 4.78 is 6.91. The van der Waals surface area contributed by atoms with Gasteiger partial charge in [0.25, 0.3) is 0 Å². The number of nitrogens with one attached hydrogen (secondary N) is 1. The molecule has 1 amide bonds. The van der Waals surface area contributed by atoms with Gasteiger partial charge in [-0.25, -0.2) is 9.59 Å². The SMILES string of the molecule is CCn1cc(C(=O)O)c(=O)c2cc(SCCNC(=O)OC(C)(C)C)ccc21.[H-].[Na+]. The van der Waals surface area contributed by atoms with E-state index in [1.165, 1.54) is 18.0 Å². The second-order valence-corrected chi connectivity index (χ2v) is 8.09. The van der Waals surface area contributed by atoms with Crippen LogP contribution in [0, 0.1) is 0 Å². The molecule has 7 nitrogen and oxygen atoms in total. The van der Waals surface area contributed by atoms with Crippen LogP contribution < -0.4 is 40.3 Å². The molecule has 0 fully saturated rings. The second-order valence-electron chi connectivity index (χ2n) is 6.92. The second kappa shape index (κ2) is 10.3. The van der Waals surface area contributed by atoms with E-state index < -0.39 is 23.1 Å². The number of fused-ring (bicyclic) bond motifs is 1. The van der Waals surface area contributed by atoms with Gasteiger partial charge in [0.2, 0.25) is 5.43 Å². The Hall–Kier alpha value is -1.48. The summed E-state index contributed by atoms with van der Waals surface area (Å²) in [4.78, 5) is 36.2. The zero-order valence-corrected chi connectivity index (χ0v) is 19.7. The number of carbonyl (C=O) groups is 2. The number of hydrogen-bond acceptors (Lipinski definition) is 5. The molecular formula is C19H25N2NaO5S. The Morgan fingerprint density at radius 1 is 1.32 bits per heavy atom. The van der Waals surface area contributed by atoms with Crippen LogP contribution in [0.3, 0.4) is 0 Å². The number of aryl methyl sites for hydroxylation is 1. The number of ether oxygens (including phenoxy) is 1. The molecule has 0 aliphatic carbocycles. The minimum absolute atomic E-state index is 0. The summed E-state index contributed by atoms with van der Waals surface area (Å²) in [6.45, 7) is 8.25. The Balaban J connectivity index is 0.00000392. The van der Waals surface area contributed by atoms with Gasteiger partial charge in [0.1, 0.15) is 11.2 Å². The number of alkyl carbamates (subject to hydrolysis) is 1. The van der Waals surface area contributed by atoms with Gasteiger partial charge in [-0.1, -0.05) is 0 Å². The smallest absolute Gasteiger partial charge is 1.00 e. The van der Waals surface area contributed by atoms with E-state index in [9.17, 15) is 19.5 Å². The van der Waals surface area contributed by atoms with Gasteiger partial charge in [-0.2, -0.15) is 0 Å². The topological polar surface area (TPSA) is 97.6 Å². The predicted molar refractivity (Wildman–Crippen MR) is 107 cm³/mol. The maximum absolute atomic E-state index is 12.5. The number of carboxylic acids is 1. The Kier molecular flexibility index (Phi) is 9.07. The van der Waals surface area contributed by atoms with Crippen LogP contribution in [-0.2, 0) is 11.3 Å². The van der Waals surface area contributed by atoms with Gasteiger partial charge < -0.3 is 21.2 Å². The average Bonchev–Trinajstić information content (AvgIpc) is 2.57. The van der Waals surface area contributed by atoms with Gasteiger partial charge in [-0.05, 0) is 45.9 Å². The van der Waals surface area contributed by atoms with Crippen LogP contribution in [0.2, 0.25) is 0 Å². The molecule has 1 aromatic carbocycles. The summed E-state index contributed by atoms with van der Waals surface area (Å²) in [6, 6.07) is 5.40. The normalized spacial score (nSPS) is 11.0. The van der Waals surface area contributed by atoms with Crippen molar-refractivity contribution in [2.75, 3.05) is 12.3 Å². The van der Waals surface area contributed by atoms with Crippen molar-refractivity contribution in [3.63, 3.8) is 0 Å². The van der Waals surface area contributed by atoms with Gasteiger partial charge in [-0.15, -0.1) is 11.8 Å². The van der Waals surface area contributed by atoms with E-state index >= 15 is 0 Å².